The van der Waals surface area contributed by atoms with Crippen molar-refractivity contribution in [1.82, 2.24) is 0 Å². The number of benzene rings is 1. The Hall–Kier alpha value is -2.73. The van der Waals surface area contributed by atoms with Crippen LogP contribution >= 0.6 is 0 Å². The molecule has 0 bridgehead atoms. The highest BCUT2D eigenvalue weighted by molar-refractivity contribution is 6.14. The molecule has 0 fully saturated rings. The van der Waals surface area contributed by atoms with E-state index in [1.165, 1.54) is 11.9 Å². The minimum Gasteiger partial charge on any atom is -0.277 e. The van der Waals surface area contributed by atoms with Crippen LogP contribution in [-0.2, 0) is 5.41 Å². The molecule has 0 radical (unpaired) electrons. The summed E-state index contributed by atoms with van der Waals surface area (Å²) in [6.45, 7) is 21.1. The third kappa shape index (κ3) is 11.5. The first-order valence-corrected chi connectivity index (χ1v) is 8.94. The normalized spacial score (nSPS) is 10.6. The van der Waals surface area contributed by atoms with E-state index in [2.05, 4.69) is 49.1 Å². The van der Waals surface area contributed by atoms with E-state index in [0.29, 0.717) is 0 Å². The van der Waals surface area contributed by atoms with Crippen LogP contribution in [0.5, 0.6) is 0 Å². The van der Waals surface area contributed by atoms with Crippen molar-refractivity contribution < 1.29 is 0 Å². The Morgan fingerprint density at radius 3 is 1.85 bits per heavy atom. The van der Waals surface area contributed by atoms with Crippen LogP contribution in [0.15, 0.2) is 70.7 Å². The summed E-state index contributed by atoms with van der Waals surface area (Å²) in [5.74, 6) is 0. The minimum absolute atomic E-state index is 0.482. The van der Waals surface area contributed by atoms with Gasteiger partial charge in [-0.2, -0.15) is 5.26 Å². The maximum atomic E-state index is 9.13. The summed E-state index contributed by atoms with van der Waals surface area (Å²) in [7, 11) is 1.68. The van der Waals surface area contributed by atoms with Crippen molar-refractivity contribution in [1.29, 1.82) is 5.26 Å². The summed E-state index contributed by atoms with van der Waals surface area (Å²) < 4.78 is 0. The SMILES string of the molecule is C=C(C)C(=NC=NC)c1ccc(C(C)(C)C#N)cc1.C=CC.CC=C(C)C. The molecule has 146 valence electrons. The van der Waals surface area contributed by atoms with Gasteiger partial charge in [0.15, 0.2) is 0 Å². The zero-order chi connectivity index (χ0) is 21.5. The number of rotatable bonds is 4. The smallest absolute Gasteiger partial charge is 0.110 e. The van der Waals surface area contributed by atoms with Gasteiger partial charge in [0.1, 0.15) is 6.34 Å². The quantitative estimate of drug-likeness (QED) is 0.333. The molecule has 0 unspecified atom stereocenters. The third-order valence-corrected chi connectivity index (χ3v) is 3.44. The Bertz CT molecular complexity index is 705. The summed E-state index contributed by atoms with van der Waals surface area (Å²) in [5.41, 5.74) is 4.56. The number of nitrogens with zero attached hydrogens (tertiary/aromatic N) is 3. The van der Waals surface area contributed by atoms with E-state index in [-0.39, 0.29) is 0 Å². The fourth-order valence-electron chi connectivity index (χ4n) is 1.66. The third-order valence-electron chi connectivity index (χ3n) is 3.44. The highest BCUT2D eigenvalue weighted by Crippen LogP contribution is 2.23. The number of nitriles is 1. The lowest BCUT2D eigenvalue weighted by atomic mass is 9.85. The molecule has 0 N–H and O–H groups in total. The maximum absolute atomic E-state index is 9.13. The topological polar surface area (TPSA) is 48.5 Å². The molecular formula is C24H35N3. The van der Waals surface area contributed by atoms with Gasteiger partial charge in [-0.15, -0.1) is 6.58 Å². The van der Waals surface area contributed by atoms with Crippen LogP contribution in [-0.4, -0.2) is 19.1 Å². The van der Waals surface area contributed by atoms with Crippen molar-refractivity contribution in [3.8, 4) is 6.07 Å². The van der Waals surface area contributed by atoms with E-state index in [9.17, 15) is 0 Å². The van der Waals surface area contributed by atoms with Crippen LogP contribution in [0.2, 0.25) is 0 Å². The molecule has 0 aliphatic heterocycles. The van der Waals surface area contributed by atoms with Gasteiger partial charge in [-0.05, 0) is 59.6 Å². The number of allylic oxidation sites excluding steroid dienone is 4. The first-order chi connectivity index (χ1) is 12.6. The summed E-state index contributed by atoms with van der Waals surface area (Å²) >= 11 is 0. The lowest BCUT2D eigenvalue weighted by Gasteiger charge is -2.16. The highest BCUT2D eigenvalue weighted by atomic mass is 14.8. The first-order valence-electron chi connectivity index (χ1n) is 8.94. The van der Waals surface area contributed by atoms with Gasteiger partial charge in [0.2, 0.25) is 0 Å². The molecule has 27 heavy (non-hydrogen) atoms. The number of hydrogen-bond donors (Lipinski definition) is 0. The fraction of sp³-hybridized carbons (Fsp3) is 0.375. The molecule has 0 saturated heterocycles. The van der Waals surface area contributed by atoms with E-state index >= 15 is 0 Å². The van der Waals surface area contributed by atoms with Crippen LogP contribution < -0.4 is 0 Å². The van der Waals surface area contributed by atoms with Gasteiger partial charge < -0.3 is 0 Å². The van der Waals surface area contributed by atoms with E-state index < -0.39 is 5.41 Å². The summed E-state index contributed by atoms with van der Waals surface area (Å²) in [6, 6.07) is 10.1. The van der Waals surface area contributed by atoms with Gasteiger partial charge in [-0.3, -0.25) is 4.99 Å². The summed E-state index contributed by atoms with van der Waals surface area (Å²) in [4.78, 5) is 8.14. The number of aliphatic imine (C=N–C) groups is 2. The molecule has 0 spiro atoms. The highest BCUT2D eigenvalue weighted by Gasteiger charge is 2.19. The molecule has 0 amide bonds. The van der Waals surface area contributed by atoms with Crippen molar-refractivity contribution in [2.45, 2.75) is 53.9 Å². The van der Waals surface area contributed by atoms with E-state index in [1.807, 2.05) is 58.9 Å². The molecule has 0 aromatic heterocycles. The Balaban J connectivity index is 0. The maximum Gasteiger partial charge on any atom is 0.110 e. The Morgan fingerprint density at radius 2 is 1.56 bits per heavy atom. The second kappa shape index (κ2) is 14.4. The van der Waals surface area contributed by atoms with Gasteiger partial charge in [0.05, 0.1) is 17.2 Å². The van der Waals surface area contributed by atoms with E-state index in [0.717, 1.165) is 22.4 Å². The van der Waals surface area contributed by atoms with Gasteiger partial charge in [-0.25, -0.2) is 4.99 Å². The fourth-order valence-corrected chi connectivity index (χ4v) is 1.66. The van der Waals surface area contributed by atoms with Crippen molar-refractivity contribution in [3.05, 3.63) is 71.8 Å². The molecule has 1 rings (SSSR count). The molecule has 0 aliphatic carbocycles. The van der Waals surface area contributed by atoms with Gasteiger partial charge in [0.25, 0.3) is 0 Å². The van der Waals surface area contributed by atoms with Crippen LogP contribution in [0, 0.1) is 11.3 Å². The van der Waals surface area contributed by atoms with Crippen molar-refractivity contribution >= 4 is 12.1 Å². The van der Waals surface area contributed by atoms with Gasteiger partial charge in [-0.1, -0.05) is 48.6 Å². The minimum atomic E-state index is -0.482. The summed E-state index contributed by atoms with van der Waals surface area (Å²) in [5, 5.41) is 9.13. The molecule has 0 saturated carbocycles. The molecule has 0 heterocycles. The standard InChI is InChI=1S/C16H19N3.C5H10.C3H6/c1-12(2)15(19-11-18-5)13-6-8-14(9-7-13)16(3,4)10-17;1-4-5(2)3;1-3-2/h6-9,11H,1H2,2-5H3;4H,1-3H3;3H,1H2,2H3. The first kappa shape index (κ1) is 26.5. The molecular weight excluding hydrogens is 330 g/mol. The largest absolute Gasteiger partial charge is 0.277 e. The predicted octanol–water partition coefficient (Wildman–Crippen LogP) is 6.68. The van der Waals surface area contributed by atoms with Crippen molar-refractivity contribution in [2.75, 3.05) is 7.05 Å². The molecule has 3 heteroatoms. The zero-order valence-corrected chi connectivity index (χ0v) is 18.3. The van der Waals surface area contributed by atoms with Gasteiger partial charge in [0, 0.05) is 12.6 Å². The molecule has 0 atom stereocenters. The molecule has 3 nitrogen and oxygen atoms in total. The number of hydrogen-bond acceptors (Lipinski definition) is 2. The van der Waals surface area contributed by atoms with Gasteiger partial charge >= 0.3 is 0 Å². The molecule has 0 aliphatic rings. The predicted molar refractivity (Wildman–Crippen MR) is 122 cm³/mol. The second-order valence-corrected chi connectivity index (χ2v) is 6.72. The average molecular weight is 366 g/mol. The average Bonchev–Trinajstić information content (AvgIpc) is 2.63. The van der Waals surface area contributed by atoms with Crippen LogP contribution in [0.1, 0.15) is 59.6 Å². The van der Waals surface area contributed by atoms with Crippen LogP contribution in [0.25, 0.3) is 0 Å². The van der Waals surface area contributed by atoms with Crippen molar-refractivity contribution in [3.63, 3.8) is 0 Å². The molecule has 1 aromatic carbocycles. The summed E-state index contributed by atoms with van der Waals surface area (Å²) in [6.07, 6.45) is 5.34. The Kier molecular flexibility index (Phi) is 14.2. The lowest BCUT2D eigenvalue weighted by molar-refractivity contribution is 0.687. The molecule has 1 aromatic rings. The van der Waals surface area contributed by atoms with Crippen LogP contribution in [0.3, 0.4) is 0 Å². The van der Waals surface area contributed by atoms with E-state index in [1.54, 1.807) is 13.1 Å². The van der Waals surface area contributed by atoms with Crippen LogP contribution in [0.4, 0.5) is 0 Å². The lowest BCUT2D eigenvalue weighted by Crippen LogP contribution is -2.14. The Labute approximate surface area is 166 Å². The van der Waals surface area contributed by atoms with Crippen molar-refractivity contribution in [2.24, 2.45) is 9.98 Å². The van der Waals surface area contributed by atoms with E-state index in [4.69, 9.17) is 5.26 Å². The second-order valence-electron chi connectivity index (χ2n) is 6.72. The zero-order valence-electron chi connectivity index (χ0n) is 18.3. The Morgan fingerprint density at radius 1 is 1.11 bits per heavy atom. The monoisotopic (exact) mass is 365 g/mol.